The number of carbonyl (C=O) groups excluding carboxylic acids is 2. The second-order valence-electron chi connectivity index (χ2n) is 8.20. The number of allylic oxidation sites excluding steroid dienone is 2. The summed E-state index contributed by atoms with van der Waals surface area (Å²) in [4.78, 5) is 24.1. The number of benzene rings is 1. The van der Waals surface area contributed by atoms with E-state index in [1.807, 2.05) is 12.1 Å². The minimum absolute atomic E-state index is 0.0208. The number of hydrogen-bond donors (Lipinski definition) is 3. The molecule has 0 bridgehead atoms. The highest BCUT2D eigenvalue weighted by atomic mass is 16.3. The second-order valence-corrected chi connectivity index (χ2v) is 8.20. The van der Waals surface area contributed by atoms with Crippen molar-refractivity contribution in [3.8, 4) is 0 Å². The lowest BCUT2D eigenvalue weighted by Gasteiger charge is -2.46. The Morgan fingerprint density at radius 1 is 1.26 bits per heavy atom. The number of aryl methyl sites for hydroxylation is 1. The van der Waals surface area contributed by atoms with Crippen molar-refractivity contribution in [2.45, 2.75) is 32.8 Å². The summed E-state index contributed by atoms with van der Waals surface area (Å²) < 4.78 is 0. The lowest BCUT2D eigenvalue weighted by Crippen LogP contribution is -2.49. The minimum atomic E-state index is -0.912. The Morgan fingerprint density at radius 2 is 2.00 bits per heavy atom. The topological polar surface area (TPSA) is 101 Å². The van der Waals surface area contributed by atoms with Crippen LogP contribution < -0.4 is 5.73 Å². The number of fused-ring (bicyclic) bond motifs is 3. The van der Waals surface area contributed by atoms with Crippen LogP contribution >= 0.6 is 0 Å². The lowest BCUT2D eigenvalue weighted by molar-refractivity contribution is -0.125. The largest absolute Gasteiger partial charge is 0.510 e. The molecule has 0 aromatic heterocycles. The van der Waals surface area contributed by atoms with E-state index in [-0.39, 0.29) is 23.7 Å². The van der Waals surface area contributed by atoms with Crippen molar-refractivity contribution in [2.75, 3.05) is 0 Å². The number of ketones is 1. The van der Waals surface area contributed by atoms with Gasteiger partial charge in [0, 0.05) is 18.3 Å². The molecule has 1 aromatic carbocycles. The second kappa shape index (κ2) is 4.98. The molecule has 0 saturated heterocycles. The van der Waals surface area contributed by atoms with Gasteiger partial charge in [-0.1, -0.05) is 24.3 Å². The van der Waals surface area contributed by atoms with Crippen molar-refractivity contribution in [1.82, 2.24) is 0 Å². The Bertz CT molecular complexity index is 1040. The molecule has 1 fully saturated rings. The molecule has 1 saturated carbocycles. The van der Waals surface area contributed by atoms with Crippen molar-refractivity contribution >= 4 is 17.3 Å². The average Bonchev–Trinajstić information content (AvgIpc) is 3.33. The van der Waals surface area contributed by atoms with Crippen LogP contribution in [0.3, 0.4) is 0 Å². The molecule has 4 atom stereocenters. The normalized spacial score (nSPS) is 33.7. The van der Waals surface area contributed by atoms with Gasteiger partial charge in [-0.05, 0) is 53.7 Å². The van der Waals surface area contributed by atoms with Crippen LogP contribution in [0.15, 0.2) is 46.8 Å². The molecule has 0 radical (unpaired) electrons. The van der Waals surface area contributed by atoms with Gasteiger partial charge in [0.1, 0.15) is 11.3 Å². The smallest absolute Gasteiger partial charge is 0.255 e. The Morgan fingerprint density at radius 3 is 2.70 bits per heavy atom. The fourth-order valence-electron chi connectivity index (χ4n) is 5.78. The van der Waals surface area contributed by atoms with E-state index in [9.17, 15) is 19.8 Å². The van der Waals surface area contributed by atoms with Gasteiger partial charge >= 0.3 is 0 Å². The summed E-state index contributed by atoms with van der Waals surface area (Å²) in [6.07, 6.45) is 1.86. The Labute approximate surface area is 156 Å². The van der Waals surface area contributed by atoms with Crippen LogP contribution in [0, 0.1) is 24.2 Å². The minimum Gasteiger partial charge on any atom is -0.510 e. The molecule has 1 spiro atoms. The number of aliphatic hydroxyl groups excluding tert-OH is 2. The molecule has 5 nitrogen and oxygen atoms in total. The van der Waals surface area contributed by atoms with Gasteiger partial charge in [0.15, 0.2) is 5.78 Å². The van der Waals surface area contributed by atoms with Gasteiger partial charge in [0.25, 0.3) is 5.91 Å². The first kappa shape index (κ1) is 16.5. The maximum absolute atomic E-state index is 12.4. The van der Waals surface area contributed by atoms with E-state index in [4.69, 9.17) is 5.73 Å². The number of Topliss-reactive ketones (excluding diaryl/α,β-unsaturated/α-hetero) is 1. The number of nitrogens with two attached hydrogens (primary N) is 1. The molecule has 138 valence electrons. The van der Waals surface area contributed by atoms with Crippen LogP contribution in [0.5, 0.6) is 0 Å². The summed E-state index contributed by atoms with van der Waals surface area (Å²) in [6.45, 7) is 4.13. The predicted molar refractivity (Wildman–Crippen MR) is 99.5 cm³/mol. The van der Waals surface area contributed by atoms with E-state index in [2.05, 4.69) is 26.0 Å². The van der Waals surface area contributed by atoms with Crippen molar-refractivity contribution in [3.63, 3.8) is 0 Å². The molecule has 27 heavy (non-hydrogen) atoms. The first-order valence-electron chi connectivity index (χ1n) is 9.27. The van der Waals surface area contributed by atoms with Gasteiger partial charge in [0.2, 0.25) is 0 Å². The van der Waals surface area contributed by atoms with E-state index >= 15 is 0 Å². The zero-order valence-electron chi connectivity index (χ0n) is 15.2. The zero-order valence-corrected chi connectivity index (χ0v) is 15.2. The summed E-state index contributed by atoms with van der Waals surface area (Å²) in [5.41, 5.74) is 10.8. The number of rotatable bonds is 1. The Balaban J connectivity index is 1.73. The molecule has 4 aliphatic carbocycles. The van der Waals surface area contributed by atoms with E-state index in [0.29, 0.717) is 6.42 Å². The fourth-order valence-corrected chi connectivity index (χ4v) is 5.78. The summed E-state index contributed by atoms with van der Waals surface area (Å²) in [5.74, 6) is -2.22. The van der Waals surface area contributed by atoms with Crippen LogP contribution in [-0.4, -0.2) is 28.0 Å². The first-order valence-corrected chi connectivity index (χ1v) is 9.27. The molecular formula is C22H21NO4. The number of hydrogen-bond acceptors (Lipinski definition) is 4. The molecule has 4 N–H and O–H groups in total. The van der Waals surface area contributed by atoms with Gasteiger partial charge in [-0.3, -0.25) is 9.59 Å². The van der Waals surface area contributed by atoms with E-state index in [0.717, 1.165) is 16.7 Å². The lowest BCUT2D eigenvalue weighted by atomic mass is 9.58. The fraction of sp³-hybridized carbons (Fsp3) is 0.364. The summed E-state index contributed by atoms with van der Waals surface area (Å²) in [5, 5.41) is 22.0. The molecule has 1 aromatic rings. The van der Waals surface area contributed by atoms with Crippen LogP contribution in [0.25, 0.3) is 5.57 Å². The summed E-state index contributed by atoms with van der Waals surface area (Å²) >= 11 is 0. The third-order valence-corrected chi connectivity index (χ3v) is 6.94. The summed E-state index contributed by atoms with van der Waals surface area (Å²) in [7, 11) is 0. The molecule has 4 aliphatic rings. The molecule has 1 amide bonds. The first-order chi connectivity index (χ1) is 12.8. The third-order valence-electron chi connectivity index (χ3n) is 6.94. The van der Waals surface area contributed by atoms with E-state index in [1.54, 1.807) is 0 Å². The van der Waals surface area contributed by atoms with Crippen LogP contribution in [-0.2, 0) is 16.0 Å². The highest BCUT2D eigenvalue weighted by Crippen LogP contribution is 2.69. The van der Waals surface area contributed by atoms with Gasteiger partial charge in [-0.15, -0.1) is 0 Å². The van der Waals surface area contributed by atoms with Crippen LogP contribution in [0.4, 0.5) is 0 Å². The number of aliphatic hydroxyl groups is 2. The van der Waals surface area contributed by atoms with Gasteiger partial charge < -0.3 is 15.9 Å². The monoisotopic (exact) mass is 363 g/mol. The molecule has 0 aliphatic heterocycles. The maximum Gasteiger partial charge on any atom is 0.255 e. The highest BCUT2D eigenvalue weighted by Gasteiger charge is 2.66. The quantitative estimate of drug-likeness (QED) is 0.665. The van der Waals surface area contributed by atoms with Gasteiger partial charge in [0.05, 0.1) is 11.5 Å². The third kappa shape index (κ3) is 1.82. The van der Waals surface area contributed by atoms with Gasteiger partial charge in [-0.2, -0.15) is 0 Å². The zero-order chi connectivity index (χ0) is 19.2. The standard InChI is InChI=1S/C22H21NO4/c1-9-4-3-5-11-6-12-17(10(2)16(9)11)14-8-22(14)13(19(12)25)7-15(24)18(20(22)26)21(23)27/h3-5,8,12-13,19,25-26H,6-7H2,1-2H3,(H2,23,27)/t12?,13-,19+,22-/m1/s1. The Hall–Kier alpha value is -2.66. The molecule has 5 heteroatoms. The van der Waals surface area contributed by atoms with Crippen molar-refractivity contribution in [2.24, 2.45) is 23.0 Å². The van der Waals surface area contributed by atoms with Crippen molar-refractivity contribution in [3.05, 3.63) is 63.4 Å². The number of amides is 1. The van der Waals surface area contributed by atoms with E-state index in [1.165, 1.54) is 16.7 Å². The molecule has 1 unspecified atom stereocenters. The molecular weight excluding hydrogens is 342 g/mol. The predicted octanol–water partition coefficient (Wildman–Crippen LogP) is 2.13. The average molecular weight is 363 g/mol. The molecule has 5 rings (SSSR count). The van der Waals surface area contributed by atoms with Crippen LogP contribution in [0.1, 0.15) is 30.0 Å². The number of primary amides is 1. The van der Waals surface area contributed by atoms with E-state index < -0.39 is 29.1 Å². The van der Waals surface area contributed by atoms with Crippen molar-refractivity contribution < 1.29 is 19.8 Å². The number of carbonyl (C=O) groups is 2. The maximum atomic E-state index is 12.4. The summed E-state index contributed by atoms with van der Waals surface area (Å²) in [6, 6.07) is 6.19. The Kier molecular flexibility index (Phi) is 3.05. The van der Waals surface area contributed by atoms with Crippen LogP contribution in [0.2, 0.25) is 0 Å². The highest BCUT2D eigenvalue weighted by molar-refractivity contribution is 6.20. The van der Waals surface area contributed by atoms with Crippen molar-refractivity contribution in [1.29, 1.82) is 0 Å². The SMILES string of the molecule is CC1=C2C3=C[C@]34C(O)=C(C(N)=O)C(=O)C[C@@H]4[C@@H](O)C2Cc2cccc(C)c21. The molecule has 0 heterocycles. The van der Waals surface area contributed by atoms with Gasteiger partial charge in [-0.25, -0.2) is 0 Å².